The van der Waals surface area contributed by atoms with Crippen LogP contribution >= 0.6 is 22.7 Å². The molecule has 0 unspecified atom stereocenters. The predicted octanol–water partition coefficient (Wildman–Crippen LogP) is 8.89. The lowest BCUT2D eigenvalue weighted by atomic mass is 9.93. The first-order valence-corrected chi connectivity index (χ1v) is 12.1. The summed E-state index contributed by atoms with van der Waals surface area (Å²) in [5.74, 6) is -15.8. The van der Waals surface area contributed by atoms with Crippen LogP contribution in [0.25, 0.3) is 31.7 Å². The van der Waals surface area contributed by atoms with E-state index >= 15 is 17.6 Å². The van der Waals surface area contributed by atoms with Gasteiger partial charge in [-0.2, -0.15) is 26.3 Å². The zero-order chi connectivity index (χ0) is 25.3. The Labute approximate surface area is 204 Å². The number of carbonyl (C=O) groups excluding carboxylic acids is 1. The lowest BCUT2D eigenvalue weighted by molar-refractivity contribution is -0.254. The van der Waals surface area contributed by atoms with Gasteiger partial charge in [0.05, 0.1) is 0 Å². The number of benzene rings is 2. The van der Waals surface area contributed by atoms with E-state index in [0.717, 1.165) is 22.7 Å². The molecule has 1 aliphatic rings. The van der Waals surface area contributed by atoms with Crippen LogP contribution in [0.1, 0.15) is 31.2 Å². The van der Waals surface area contributed by atoms with E-state index in [1.54, 1.807) is 30.3 Å². The molecule has 1 nitrogen and oxygen atoms in total. The molecule has 0 N–H and O–H groups in total. The third-order valence-electron chi connectivity index (χ3n) is 6.21. The molecule has 5 rings (SSSR count). The highest BCUT2D eigenvalue weighted by atomic mass is 32.1. The molecule has 0 bridgehead atoms. The van der Waals surface area contributed by atoms with Crippen LogP contribution in [0.5, 0.6) is 0 Å². The first-order chi connectivity index (χ1) is 16.4. The van der Waals surface area contributed by atoms with Gasteiger partial charge in [0.15, 0.2) is 0 Å². The van der Waals surface area contributed by atoms with E-state index in [9.17, 15) is 13.6 Å². The van der Waals surface area contributed by atoms with Gasteiger partial charge in [0, 0.05) is 47.0 Å². The highest BCUT2D eigenvalue weighted by Gasteiger charge is 2.80. The second-order valence-corrected chi connectivity index (χ2v) is 10.8. The number of carbonyl (C=O) groups is 1. The third kappa shape index (κ3) is 3.24. The molecule has 2 aromatic carbocycles. The maximum Gasteiger partial charge on any atom is 0.380 e. The van der Waals surface area contributed by atoms with Crippen molar-refractivity contribution in [2.45, 2.75) is 31.6 Å². The van der Waals surface area contributed by atoms with E-state index in [4.69, 9.17) is 0 Å². The van der Waals surface area contributed by atoms with E-state index in [0.29, 0.717) is 27.0 Å². The summed E-state index contributed by atoms with van der Waals surface area (Å²) in [4.78, 5) is 11.8. The fourth-order valence-electron chi connectivity index (χ4n) is 4.49. The molecule has 0 amide bonds. The van der Waals surface area contributed by atoms with Crippen LogP contribution in [0.15, 0.2) is 54.6 Å². The minimum absolute atomic E-state index is 0.206. The molecule has 2 heterocycles. The zero-order valence-corrected chi connectivity index (χ0v) is 19.9. The maximum absolute atomic E-state index is 15.3. The smallest absolute Gasteiger partial charge is 0.298 e. The van der Waals surface area contributed by atoms with Crippen molar-refractivity contribution in [2.24, 2.45) is 0 Å². The van der Waals surface area contributed by atoms with Crippen LogP contribution < -0.4 is 0 Å². The number of aryl methyl sites for hydroxylation is 2. The summed E-state index contributed by atoms with van der Waals surface area (Å²) in [6.07, 6.45) is 0.642. The molecule has 0 aliphatic heterocycles. The van der Waals surface area contributed by atoms with E-state index in [2.05, 4.69) is 0 Å². The minimum Gasteiger partial charge on any atom is -0.298 e. The Morgan fingerprint density at radius 3 is 2.06 bits per heavy atom. The number of allylic oxidation sites excluding steroid dienone is 2. The van der Waals surface area contributed by atoms with Gasteiger partial charge in [0.2, 0.25) is 0 Å². The second-order valence-electron chi connectivity index (χ2n) is 8.32. The average molecular weight is 523 g/mol. The number of alkyl halides is 6. The number of rotatable bonds is 4. The fraction of sp³-hybridized carbons (Fsp3) is 0.192. The van der Waals surface area contributed by atoms with Gasteiger partial charge in [-0.3, -0.25) is 4.79 Å². The number of hydrogen-bond donors (Lipinski definition) is 0. The highest BCUT2D eigenvalue weighted by molar-refractivity contribution is 7.19. The Morgan fingerprint density at radius 2 is 1.40 bits per heavy atom. The van der Waals surface area contributed by atoms with Crippen LogP contribution in [0.4, 0.5) is 26.3 Å². The fourth-order valence-corrected chi connectivity index (χ4v) is 6.59. The minimum atomic E-state index is -5.61. The van der Waals surface area contributed by atoms with Gasteiger partial charge >= 0.3 is 17.8 Å². The van der Waals surface area contributed by atoms with Crippen LogP contribution in [0, 0.1) is 13.8 Å². The van der Waals surface area contributed by atoms with Crippen LogP contribution in [-0.2, 0) is 0 Å². The van der Waals surface area contributed by atoms with Crippen LogP contribution in [0.2, 0.25) is 0 Å². The van der Waals surface area contributed by atoms with E-state index in [1.165, 1.54) is 38.1 Å². The van der Waals surface area contributed by atoms with Crippen molar-refractivity contribution in [1.82, 2.24) is 0 Å². The van der Waals surface area contributed by atoms with Crippen molar-refractivity contribution in [2.75, 3.05) is 0 Å². The van der Waals surface area contributed by atoms with Crippen molar-refractivity contribution < 1.29 is 31.1 Å². The number of aldehydes is 1. The Morgan fingerprint density at radius 1 is 0.771 bits per heavy atom. The topological polar surface area (TPSA) is 17.1 Å². The van der Waals surface area contributed by atoms with Crippen molar-refractivity contribution >= 4 is 50.2 Å². The molecular formula is C26H16F6OS2. The van der Waals surface area contributed by atoms with Crippen molar-refractivity contribution in [3.63, 3.8) is 0 Å². The summed E-state index contributed by atoms with van der Waals surface area (Å²) in [5, 5.41) is 0.230. The Balaban J connectivity index is 1.83. The molecule has 1 aliphatic carbocycles. The summed E-state index contributed by atoms with van der Waals surface area (Å²) in [5.41, 5.74) is -2.33. The Hall–Kier alpha value is -2.91. The lowest BCUT2D eigenvalue weighted by Crippen LogP contribution is -2.48. The zero-order valence-electron chi connectivity index (χ0n) is 18.3. The summed E-state index contributed by atoms with van der Waals surface area (Å²) in [6.45, 7) is 2.91. The molecule has 2 aromatic heterocycles. The van der Waals surface area contributed by atoms with Crippen LogP contribution in [-0.4, -0.2) is 24.1 Å². The second kappa shape index (κ2) is 7.80. The predicted molar refractivity (Wildman–Crippen MR) is 128 cm³/mol. The van der Waals surface area contributed by atoms with Gasteiger partial charge in [0.1, 0.15) is 6.29 Å². The summed E-state index contributed by atoms with van der Waals surface area (Å²) in [7, 11) is 0. The summed E-state index contributed by atoms with van der Waals surface area (Å²) in [6, 6.07) is 13.8. The van der Waals surface area contributed by atoms with E-state index in [-0.39, 0.29) is 26.3 Å². The highest BCUT2D eigenvalue weighted by Crippen LogP contribution is 2.66. The molecule has 35 heavy (non-hydrogen) atoms. The van der Waals surface area contributed by atoms with Crippen LogP contribution in [0.3, 0.4) is 0 Å². The quantitative estimate of drug-likeness (QED) is 0.193. The molecule has 0 saturated carbocycles. The molecule has 0 saturated heterocycles. The largest absolute Gasteiger partial charge is 0.380 e. The number of hydrogen-bond acceptors (Lipinski definition) is 3. The molecular weight excluding hydrogens is 506 g/mol. The standard InChI is InChI=1S/C26H16F6OS2/c1-13-18(11-20(34-13)16-9-7-15(12-33)8-10-16)22-23(25(29,30)26(31,32)24(22,27)28)21-14(2)35-19-6-4-3-5-17(19)21/h3-12H,1-2H3. The van der Waals surface area contributed by atoms with Gasteiger partial charge in [-0.05, 0) is 37.1 Å². The van der Waals surface area contributed by atoms with Crippen molar-refractivity contribution in [1.29, 1.82) is 0 Å². The third-order valence-corrected chi connectivity index (χ3v) is 8.39. The number of fused-ring (bicyclic) bond motifs is 1. The van der Waals surface area contributed by atoms with Gasteiger partial charge in [-0.15, -0.1) is 22.7 Å². The first-order valence-electron chi connectivity index (χ1n) is 10.5. The Kier molecular flexibility index (Phi) is 5.30. The Bertz CT molecular complexity index is 1510. The summed E-state index contributed by atoms with van der Waals surface area (Å²) >= 11 is 2.12. The number of halogens is 6. The van der Waals surface area contributed by atoms with Crippen molar-refractivity contribution in [3.8, 4) is 10.4 Å². The van der Waals surface area contributed by atoms with Gasteiger partial charge in [-0.1, -0.05) is 42.5 Å². The van der Waals surface area contributed by atoms with Gasteiger partial charge in [0.25, 0.3) is 0 Å². The van der Waals surface area contributed by atoms with E-state index < -0.39 is 28.9 Å². The van der Waals surface area contributed by atoms with Crippen molar-refractivity contribution in [3.05, 3.63) is 81.0 Å². The normalized spacial score (nSPS) is 18.4. The first kappa shape index (κ1) is 23.8. The molecule has 0 fully saturated rings. The van der Waals surface area contributed by atoms with Gasteiger partial charge < -0.3 is 0 Å². The average Bonchev–Trinajstić information content (AvgIpc) is 3.38. The monoisotopic (exact) mass is 522 g/mol. The molecule has 0 radical (unpaired) electrons. The summed E-state index contributed by atoms with van der Waals surface area (Å²) < 4.78 is 91.4. The SMILES string of the molecule is Cc1sc(-c2ccc(C=O)cc2)cc1C1=C(c2c(C)sc3ccccc23)C(F)(F)C(F)(F)C1(F)F. The molecule has 9 heteroatoms. The maximum atomic E-state index is 15.3. The van der Waals surface area contributed by atoms with Gasteiger partial charge in [-0.25, -0.2) is 0 Å². The lowest BCUT2D eigenvalue weighted by Gasteiger charge is -2.25. The molecule has 0 spiro atoms. The molecule has 4 aromatic rings. The number of thiophene rings is 2. The molecule has 0 atom stereocenters. The molecule has 180 valence electrons. The van der Waals surface area contributed by atoms with E-state index in [1.807, 2.05) is 0 Å².